The first-order chi connectivity index (χ1) is 28.6. The van der Waals surface area contributed by atoms with Crippen molar-refractivity contribution < 1.29 is 38.2 Å². The van der Waals surface area contributed by atoms with Crippen LogP contribution in [0.4, 0.5) is 0 Å². The Morgan fingerprint density at radius 1 is 0.508 bits per heavy atom. The molecule has 0 saturated carbocycles. The van der Waals surface area contributed by atoms with Gasteiger partial charge in [-0.3, -0.25) is 9.59 Å². The van der Waals surface area contributed by atoms with Crippen LogP contribution in [0, 0.1) is 0 Å². The molecule has 0 heterocycles. The highest BCUT2D eigenvalue weighted by Crippen LogP contribution is 2.14. The predicted molar refractivity (Wildman–Crippen MR) is 245 cm³/mol. The van der Waals surface area contributed by atoms with E-state index in [9.17, 15) is 19.5 Å². The van der Waals surface area contributed by atoms with E-state index >= 15 is 0 Å². The second kappa shape index (κ2) is 42.0. The number of carboxylic acid groups (broad SMARTS) is 1. The molecule has 342 valence electrons. The van der Waals surface area contributed by atoms with Crippen LogP contribution in [-0.4, -0.2) is 75.5 Å². The van der Waals surface area contributed by atoms with Crippen molar-refractivity contribution in [1.82, 2.24) is 0 Å². The summed E-state index contributed by atoms with van der Waals surface area (Å²) in [5.41, 5.74) is 0. The van der Waals surface area contributed by atoms with Gasteiger partial charge in [-0.05, 0) is 64.2 Å². The summed E-state index contributed by atoms with van der Waals surface area (Å²) in [6, 6.07) is -0.732. The molecule has 0 fully saturated rings. The van der Waals surface area contributed by atoms with E-state index in [-0.39, 0.29) is 49.1 Å². The highest BCUT2D eigenvalue weighted by atomic mass is 16.6. The Hall–Kier alpha value is -2.71. The van der Waals surface area contributed by atoms with Gasteiger partial charge in [0.15, 0.2) is 6.10 Å². The summed E-state index contributed by atoms with van der Waals surface area (Å²) in [6.07, 6.45) is 49.9. The van der Waals surface area contributed by atoms with Crippen molar-refractivity contribution >= 4 is 17.9 Å². The van der Waals surface area contributed by atoms with E-state index in [0.29, 0.717) is 6.42 Å². The Morgan fingerprint density at radius 3 is 1.32 bits per heavy atom. The molecule has 0 radical (unpaired) electrons. The SMILES string of the molecule is CCCCC/C=C/C=C/CCCCCCCCCCCCC(=O)OCC(COCCC(C(=O)[O-])[N+](C)(C)C)OC(=O)CCCCC/C=C/C=C/CCCCCCCCC. The summed E-state index contributed by atoms with van der Waals surface area (Å²) in [5, 5.41) is 11.6. The number of allylic oxidation sites excluding steroid dienone is 8. The van der Waals surface area contributed by atoms with Crippen LogP contribution in [0.5, 0.6) is 0 Å². The van der Waals surface area contributed by atoms with Gasteiger partial charge in [0.1, 0.15) is 12.6 Å². The number of rotatable bonds is 43. The highest BCUT2D eigenvalue weighted by Gasteiger charge is 2.25. The summed E-state index contributed by atoms with van der Waals surface area (Å²) in [4.78, 5) is 36.9. The molecule has 0 aliphatic heterocycles. The number of hydrogen-bond donors (Lipinski definition) is 0. The van der Waals surface area contributed by atoms with Crippen LogP contribution in [0.3, 0.4) is 0 Å². The number of esters is 2. The molecule has 2 atom stereocenters. The number of carboxylic acids is 1. The minimum atomic E-state index is -1.13. The Kier molecular flexibility index (Phi) is 40.1. The molecule has 0 N–H and O–H groups in total. The van der Waals surface area contributed by atoms with Gasteiger partial charge in [0.05, 0.1) is 40.3 Å². The van der Waals surface area contributed by atoms with Crippen molar-refractivity contribution in [3.63, 3.8) is 0 Å². The fraction of sp³-hybridized carbons (Fsp3) is 0.784. The van der Waals surface area contributed by atoms with Crippen molar-refractivity contribution in [1.29, 1.82) is 0 Å². The minimum Gasteiger partial charge on any atom is -0.544 e. The number of quaternary nitrogens is 1. The smallest absolute Gasteiger partial charge is 0.306 e. The van der Waals surface area contributed by atoms with Gasteiger partial charge in [-0.2, -0.15) is 0 Å². The van der Waals surface area contributed by atoms with E-state index in [2.05, 4.69) is 62.5 Å². The first kappa shape index (κ1) is 56.3. The van der Waals surface area contributed by atoms with Crippen LogP contribution < -0.4 is 5.11 Å². The predicted octanol–water partition coefficient (Wildman–Crippen LogP) is 12.3. The van der Waals surface area contributed by atoms with E-state index in [0.717, 1.165) is 51.4 Å². The van der Waals surface area contributed by atoms with Crippen molar-refractivity contribution in [3.8, 4) is 0 Å². The molecule has 0 saturated heterocycles. The summed E-state index contributed by atoms with van der Waals surface area (Å²) < 4.78 is 17.2. The van der Waals surface area contributed by atoms with Crippen molar-refractivity contribution in [2.75, 3.05) is 41.0 Å². The topological polar surface area (TPSA) is 102 Å². The van der Waals surface area contributed by atoms with Crippen LogP contribution in [0.15, 0.2) is 48.6 Å². The number of nitrogens with zero attached hydrogens (tertiary/aromatic N) is 1. The summed E-state index contributed by atoms with van der Waals surface area (Å²) >= 11 is 0. The molecule has 2 unspecified atom stereocenters. The molecular weight excluding hydrogens is 739 g/mol. The third kappa shape index (κ3) is 40.5. The van der Waals surface area contributed by atoms with Crippen molar-refractivity contribution in [2.45, 2.75) is 219 Å². The Morgan fingerprint density at radius 2 is 0.881 bits per heavy atom. The van der Waals surface area contributed by atoms with Gasteiger partial charge in [0.25, 0.3) is 0 Å². The van der Waals surface area contributed by atoms with E-state index in [1.807, 2.05) is 0 Å². The number of hydrogen-bond acceptors (Lipinski definition) is 7. The molecular formula is C51H91NO7. The highest BCUT2D eigenvalue weighted by molar-refractivity contribution is 5.70. The Labute approximate surface area is 363 Å². The molecule has 0 bridgehead atoms. The van der Waals surface area contributed by atoms with E-state index in [1.165, 1.54) is 122 Å². The van der Waals surface area contributed by atoms with Crippen LogP contribution in [-0.2, 0) is 28.6 Å². The molecule has 0 spiro atoms. The second-order valence-corrected chi connectivity index (χ2v) is 17.4. The number of likely N-dealkylation sites (N-methyl/N-ethyl adjacent to an activating group) is 1. The van der Waals surface area contributed by atoms with Gasteiger partial charge < -0.3 is 28.6 Å². The molecule has 8 nitrogen and oxygen atoms in total. The van der Waals surface area contributed by atoms with Gasteiger partial charge in [-0.1, -0.05) is 172 Å². The average Bonchev–Trinajstić information content (AvgIpc) is 3.19. The third-order valence-corrected chi connectivity index (χ3v) is 10.7. The average molecular weight is 830 g/mol. The van der Waals surface area contributed by atoms with Crippen LogP contribution in [0.25, 0.3) is 0 Å². The molecule has 8 heteroatoms. The molecule has 0 aromatic heterocycles. The molecule has 0 aliphatic rings. The number of aliphatic carboxylic acids is 1. The number of ether oxygens (including phenoxy) is 3. The minimum absolute atomic E-state index is 0.0289. The zero-order chi connectivity index (χ0) is 43.5. The number of carbonyl (C=O) groups is 3. The summed E-state index contributed by atoms with van der Waals surface area (Å²) in [5.74, 6) is -1.77. The molecule has 0 aliphatic carbocycles. The number of carbonyl (C=O) groups excluding carboxylic acids is 3. The maximum atomic E-state index is 12.7. The van der Waals surface area contributed by atoms with Crippen LogP contribution in [0.2, 0.25) is 0 Å². The zero-order valence-corrected chi connectivity index (χ0v) is 38.9. The van der Waals surface area contributed by atoms with Gasteiger partial charge in [0.2, 0.25) is 0 Å². The summed E-state index contributed by atoms with van der Waals surface area (Å²) in [7, 11) is 5.40. The fourth-order valence-corrected chi connectivity index (χ4v) is 6.93. The monoisotopic (exact) mass is 830 g/mol. The second-order valence-electron chi connectivity index (χ2n) is 17.4. The fourth-order valence-electron chi connectivity index (χ4n) is 6.93. The maximum absolute atomic E-state index is 12.7. The van der Waals surface area contributed by atoms with E-state index in [4.69, 9.17) is 14.2 Å². The standard InChI is InChI=1S/C51H91NO7/c1-6-8-10-12-14-16-18-20-22-24-25-26-28-29-31-33-35-37-39-41-49(53)58-46-47(45-57-44-43-48(51(55)56)52(3,4)5)59-50(54)42-40-38-36-34-32-30-27-23-21-19-17-15-13-11-9-7-2/h14,16,18,20,23,27,30,32,47-48H,6-13,15,17,19,21-22,24-26,28-29,31,33-46H2,1-5H3/b16-14+,20-18+,27-23+,32-30+. The van der Waals surface area contributed by atoms with Crippen molar-refractivity contribution in [2.24, 2.45) is 0 Å². The van der Waals surface area contributed by atoms with Crippen molar-refractivity contribution in [3.05, 3.63) is 48.6 Å². The lowest BCUT2D eigenvalue weighted by molar-refractivity contribution is -0.889. The first-order valence-electron chi connectivity index (χ1n) is 24.2. The van der Waals surface area contributed by atoms with Gasteiger partial charge in [0, 0.05) is 19.3 Å². The third-order valence-electron chi connectivity index (χ3n) is 10.7. The maximum Gasteiger partial charge on any atom is 0.306 e. The lowest BCUT2D eigenvalue weighted by atomic mass is 10.1. The molecule has 0 aromatic rings. The quantitative estimate of drug-likeness (QED) is 0.0261. The number of unbranched alkanes of at least 4 members (excludes halogenated alkanes) is 23. The Balaban J connectivity index is 4.32. The largest absolute Gasteiger partial charge is 0.544 e. The molecule has 0 amide bonds. The molecule has 0 aromatic carbocycles. The lowest BCUT2D eigenvalue weighted by Crippen LogP contribution is -2.55. The van der Waals surface area contributed by atoms with Gasteiger partial charge in [-0.15, -0.1) is 0 Å². The van der Waals surface area contributed by atoms with Crippen LogP contribution in [0.1, 0.15) is 206 Å². The van der Waals surface area contributed by atoms with Crippen LogP contribution >= 0.6 is 0 Å². The van der Waals surface area contributed by atoms with E-state index in [1.54, 1.807) is 21.1 Å². The molecule has 0 rings (SSSR count). The zero-order valence-electron chi connectivity index (χ0n) is 38.9. The molecule has 59 heavy (non-hydrogen) atoms. The van der Waals surface area contributed by atoms with Gasteiger partial charge in [-0.25, -0.2) is 0 Å². The first-order valence-corrected chi connectivity index (χ1v) is 24.2. The van der Waals surface area contributed by atoms with Gasteiger partial charge >= 0.3 is 11.9 Å². The lowest BCUT2D eigenvalue weighted by Gasteiger charge is -2.34. The summed E-state index contributed by atoms with van der Waals surface area (Å²) in [6.45, 7) is 4.61. The normalized spacial score (nSPS) is 13.3. The van der Waals surface area contributed by atoms with E-state index < -0.39 is 18.1 Å². The Bertz CT molecular complexity index is 1110.